The second-order valence-corrected chi connectivity index (χ2v) is 6.18. The Bertz CT molecular complexity index is 299. The minimum atomic E-state index is -1.46. The molecule has 4 nitrogen and oxygen atoms in total. The van der Waals surface area contributed by atoms with Crippen molar-refractivity contribution in [3.63, 3.8) is 0 Å². The van der Waals surface area contributed by atoms with Crippen molar-refractivity contribution < 1.29 is 19.0 Å². The zero-order valence-corrected chi connectivity index (χ0v) is 11.7. The van der Waals surface area contributed by atoms with E-state index in [-0.39, 0.29) is 19.1 Å². The number of hydrogen-bond acceptors (Lipinski definition) is 3. The number of carbonyl (C=O) groups excluding carboxylic acids is 1. The van der Waals surface area contributed by atoms with Crippen LogP contribution in [0.25, 0.3) is 0 Å². The molecule has 0 aromatic heterocycles. The third-order valence-electron chi connectivity index (χ3n) is 3.23. The van der Waals surface area contributed by atoms with Crippen molar-refractivity contribution in [2.24, 2.45) is 5.92 Å². The first-order valence-electron chi connectivity index (χ1n) is 6.43. The fourth-order valence-electron chi connectivity index (χ4n) is 2.28. The van der Waals surface area contributed by atoms with Gasteiger partial charge in [-0.1, -0.05) is 0 Å². The third kappa shape index (κ3) is 4.12. The topological polar surface area (TPSA) is 49.8 Å². The van der Waals surface area contributed by atoms with E-state index in [2.05, 4.69) is 0 Å². The van der Waals surface area contributed by atoms with Gasteiger partial charge < -0.3 is 14.7 Å². The summed E-state index contributed by atoms with van der Waals surface area (Å²) in [7, 11) is 0. The molecule has 1 aliphatic heterocycles. The SMILES string of the molecule is CC(C)(C)OC(=O)N1CCC(CCO)C(C)(F)C1. The van der Waals surface area contributed by atoms with Gasteiger partial charge in [0.1, 0.15) is 11.3 Å². The van der Waals surface area contributed by atoms with Crippen molar-refractivity contribution in [2.75, 3.05) is 19.7 Å². The largest absolute Gasteiger partial charge is 0.444 e. The van der Waals surface area contributed by atoms with Crippen molar-refractivity contribution in [3.05, 3.63) is 0 Å². The Morgan fingerprint density at radius 2 is 2.17 bits per heavy atom. The van der Waals surface area contributed by atoms with E-state index >= 15 is 0 Å². The van der Waals surface area contributed by atoms with Crippen LogP contribution in [0.15, 0.2) is 0 Å². The van der Waals surface area contributed by atoms with Crippen LogP contribution in [0, 0.1) is 5.92 Å². The molecular weight excluding hydrogens is 237 g/mol. The number of halogens is 1. The molecule has 1 saturated heterocycles. The second kappa shape index (κ2) is 5.43. The van der Waals surface area contributed by atoms with Gasteiger partial charge in [0, 0.05) is 13.2 Å². The molecule has 0 bridgehead atoms. The molecule has 1 rings (SSSR count). The molecule has 0 aromatic carbocycles. The Morgan fingerprint density at radius 1 is 1.56 bits per heavy atom. The summed E-state index contributed by atoms with van der Waals surface area (Å²) in [6.07, 6.45) is 0.538. The van der Waals surface area contributed by atoms with Crippen LogP contribution >= 0.6 is 0 Å². The quantitative estimate of drug-likeness (QED) is 0.830. The van der Waals surface area contributed by atoms with E-state index in [0.29, 0.717) is 19.4 Å². The lowest BCUT2D eigenvalue weighted by Gasteiger charge is -2.41. The van der Waals surface area contributed by atoms with Crippen molar-refractivity contribution in [3.8, 4) is 0 Å². The third-order valence-corrected chi connectivity index (χ3v) is 3.23. The first-order chi connectivity index (χ1) is 8.15. The highest BCUT2D eigenvalue weighted by Crippen LogP contribution is 2.33. The molecule has 0 aliphatic carbocycles. The minimum absolute atomic E-state index is 0.0172. The summed E-state index contributed by atoms with van der Waals surface area (Å²) in [5, 5.41) is 8.91. The minimum Gasteiger partial charge on any atom is -0.444 e. The molecule has 1 amide bonds. The predicted molar refractivity (Wildman–Crippen MR) is 67.1 cm³/mol. The van der Waals surface area contributed by atoms with Crippen LogP contribution in [0.4, 0.5) is 9.18 Å². The van der Waals surface area contributed by atoms with Crippen LogP contribution in [-0.4, -0.2) is 47.1 Å². The van der Waals surface area contributed by atoms with Gasteiger partial charge in [-0.3, -0.25) is 0 Å². The number of rotatable bonds is 2. The average molecular weight is 261 g/mol. The molecule has 2 atom stereocenters. The first-order valence-corrected chi connectivity index (χ1v) is 6.43. The number of nitrogens with zero attached hydrogens (tertiary/aromatic N) is 1. The van der Waals surface area contributed by atoms with Crippen LogP contribution in [0.1, 0.15) is 40.5 Å². The maximum atomic E-state index is 14.4. The molecule has 106 valence electrons. The molecule has 0 aromatic rings. The van der Waals surface area contributed by atoms with E-state index in [1.54, 1.807) is 20.8 Å². The van der Waals surface area contributed by atoms with Crippen LogP contribution < -0.4 is 0 Å². The Hall–Kier alpha value is -0.840. The Balaban J connectivity index is 2.60. The van der Waals surface area contributed by atoms with Crippen molar-refractivity contribution >= 4 is 6.09 Å². The Kier molecular flexibility index (Phi) is 4.59. The number of carbonyl (C=O) groups is 1. The lowest BCUT2D eigenvalue weighted by molar-refractivity contribution is -0.0270. The molecule has 1 N–H and O–H groups in total. The number of aliphatic hydroxyl groups excluding tert-OH is 1. The Morgan fingerprint density at radius 3 is 2.61 bits per heavy atom. The number of piperidine rings is 1. The van der Waals surface area contributed by atoms with Gasteiger partial charge in [0.25, 0.3) is 0 Å². The molecule has 2 unspecified atom stereocenters. The summed E-state index contributed by atoms with van der Waals surface area (Å²) in [5.41, 5.74) is -2.02. The van der Waals surface area contributed by atoms with Gasteiger partial charge in [0.15, 0.2) is 0 Å². The van der Waals surface area contributed by atoms with Gasteiger partial charge in [-0.05, 0) is 46.5 Å². The van der Waals surface area contributed by atoms with Crippen molar-refractivity contribution in [1.82, 2.24) is 4.90 Å². The fourth-order valence-corrected chi connectivity index (χ4v) is 2.28. The maximum Gasteiger partial charge on any atom is 0.410 e. The number of likely N-dealkylation sites (tertiary alicyclic amines) is 1. The fraction of sp³-hybridized carbons (Fsp3) is 0.923. The molecule has 1 heterocycles. The highest BCUT2D eigenvalue weighted by atomic mass is 19.1. The number of ether oxygens (including phenoxy) is 1. The molecule has 0 radical (unpaired) electrons. The summed E-state index contributed by atoms with van der Waals surface area (Å²) >= 11 is 0. The summed E-state index contributed by atoms with van der Waals surface area (Å²) in [6, 6.07) is 0. The molecule has 1 fully saturated rings. The summed E-state index contributed by atoms with van der Waals surface area (Å²) in [6.45, 7) is 7.36. The molecule has 1 aliphatic rings. The standard InChI is InChI=1S/C13H24FNO3/c1-12(2,3)18-11(17)15-7-5-10(6-8-16)13(4,14)9-15/h10,16H,5-9H2,1-4H3. The van der Waals surface area contributed by atoms with Gasteiger partial charge in [0.2, 0.25) is 0 Å². The van der Waals surface area contributed by atoms with E-state index in [1.807, 2.05) is 0 Å². The monoisotopic (exact) mass is 261 g/mol. The van der Waals surface area contributed by atoms with E-state index in [1.165, 1.54) is 11.8 Å². The number of hydrogen-bond donors (Lipinski definition) is 1. The van der Waals surface area contributed by atoms with Crippen LogP contribution in [0.2, 0.25) is 0 Å². The highest BCUT2D eigenvalue weighted by Gasteiger charge is 2.41. The van der Waals surface area contributed by atoms with Gasteiger partial charge >= 0.3 is 6.09 Å². The average Bonchev–Trinajstić information content (AvgIpc) is 2.18. The zero-order chi connectivity index (χ0) is 14.0. The smallest absolute Gasteiger partial charge is 0.410 e. The lowest BCUT2D eigenvalue weighted by atomic mass is 9.82. The normalized spacial score (nSPS) is 29.2. The predicted octanol–water partition coefficient (Wildman–Crippen LogP) is 2.35. The molecule has 0 spiro atoms. The van der Waals surface area contributed by atoms with E-state index < -0.39 is 17.4 Å². The van der Waals surface area contributed by atoms with E-state index in [9.17, 15) is 9.18 Å². The molecular formula is C13H24FNO3. The number of aliphatic hydroxyl groups is 1. The summed E-state index contributed by atoms with van der Waals surface area (Å²) in [5.74, 6) is -0.193. The Labute approximate surface area is 108 Å². The molecule has 18 heavy (non-hydrogen) atoms. The molecule has 0 saturated carbocycles. The van der Waals surface area contributed by atoms with E-state index in [0.717, 1.165) is 0 Å². The zero-order valence-electron chi connectivity index (χ0n) is 11.7. The summed E-state index contributed by atoms with van der Waals surface area (Å²) < 4.78 is 19.6. The second-order valence-electron chi connectivity index (χ2n) is 6.18. The number of amides is 1. The lowest BCUT2D eigenvalue weighted by Crippen LogP contribution is -2.52. The maximum absolute atomic E-state index is 14.4. The number of alkyl halides is 1. The van der Waals surface area contributed by atoms with Crippen LogP contribution in [0.5, 0.6) is 0 Å². The van der Waals surface area contributed by atoms with Gasteiger partial charge in [0.05, 0.1) is 6.54 Å². The van der Waals surface area contributed by atoms with E-state index in [4.69, 9.17) is 9.84 Å². The first kappa shape index (κ1) is 15.2. The van der Waals surface area contributed by atoms with Crippen molar-refractivity contribution in [1.29, 1.82) is 0 Å². The van der Waals surface area contributed by atoms with Gasteiger partial charge in [-0.15, -0.1) is 0 Å². The van der Waals surface area contributed by atoms with Crippen molar-refractivity contribution in [2.45, 2.75) is 51.8 Å². The van der Waals surface area contributed by atoms with Crippen LogP contribution in [0.3, 0.4) is 0 Å². The van der Waals surface area contributed by atoms with Gasteiger partial charge in [-0.25, -0.2) is 9.18 Å². The highest BCUT2D eigenvalue weighted by molar-refractivity contribution is 5.68. The van der Waals surface area contributed by atoms with Gasteiger partial charge in [-0.2, -0.15) is 0 Å². The molecule has 5 heteroatoms. The summed E-state index contributed by atoms with van der Waals surface area (Å²) in [4.78, 5) is 13.3. The van der Waals surface area contributed by atoms with Crippen LogP contribution in [-0.2, 0) is 4.74 Å².